The molecule has 34 heavy (non-hydrogen) atoms. The number of hydrogen-bond acceptors (Lipinski definition) is 4. The highest BCUT2D eigenvalue weighted by Crippen LogP contribution is 2.40. The Labute approximate surface area is 206 Å². The third-order valence-corrected chi connectivity index (χ3v) is 6.22. The zero-order valence-corrected chi connectivity index (χ0v) is 20.9. The van der Waals surface area contributed by atoms with Crippen LogP contribution in [0.4, 0.5) is 4.39 Å². The molecule has 0 unspecified atom stereocenters. The molecular formula is C25H26BrFN4O3. The largest absolute Gasteiger partial charge is 0.488 e. The standard InChI is InChI=1S/C25H26BrFN4O3/c1-15(2)24(32)28-10-11-31(13-16-6-4-5-7-20(16)27)25(33)22-19-14-34-21-9-8-17(26)12-18(21)23(19)30(3)29-22/h4-9,12,15H,10-11,13-14H2,1-3H3,(H,28,32). The van der Waals surface area contributed by atoms with Gasteiger partial charge < -0.3 is 15.0 Å². The Morgan fingerprint density at radius 1 is 1.26 bits per heavy atom. The van der Waals surface area contributed by atoms with Crippen molar-refractivity contribution in [3.63, 3.8) is 0 Å². The fourth-order valence-electron chi connectivity index (χ4n) is 3.93. The van der Waals surface area contributed by atoms with Crippen LogP contribution in [0.3, 0.4) is 0 Å². The third-order valence-electron chi connectivity index (χ3n) is 5.73. The molecule has 2 aromatic carbocycles. The second-order valence-electron chi connectivity index (χ2n) is 8.49. The van der Waals surface area contributed by atoms with E-state index in [1.807, 2.05) is 18.2 Å². The average Bonchev–Trinajstić information content (AvgIpc) is 3.15. The van der Waals surface area contributed by atoms with E-state index in [2.05, 4.69) is 26.3 Å². The summed E-state index contributed by atoms with van der Waals surface area (Å²) >= 11 is 3.49. The van der Waals surface area contributed by atoms with Crippen molar-refractivity contribution in [2.75, 3.05) is 13.1 Å². The van der Waals surface area contributed by atoms with Crippen molar-refractivity contribution >= 4 is 27.7 Å². The van der Waals surface area contributed by atoms with Gasteiger partial charge in [0.05, 0.1) is 5.69 Å². The summed E-state index contributed by atoms with van der Waals surface area (Å²) in [6.45, 7) is 4.31. The van der Waals surface area contributed by atoms with Gasteiger partial charge in [-0.1, -0.05) is 48.0 Å². The van der Waals surface area contributed by atoms with Crippen LogP contribution in [-0.2, 0) is 25.0 Å². The predicted octanol–water partition coefficient (Wildman–Crippen LogP) is 4.30. The topological polar surface area (TPSA) is 76.5 Å². The Morgan fingerprint density at radius 3 is 2.76 bits per heavy atom. The summed E-state index contributed by atoms with van der Waals surface area (Å²) in [5.74, 6) is -0.297. The van der Waals surface area contributed by atoms with E-state index in [9.17, 15) is 14.0 Å². The lowest BCUT2D eigenvalue weighted by Crippen LogP contribution is -2.40. The number of ether oxygens (including phenoxy) is 1. The van der Waals surface area contributed by atoms with Gasteiger partial charge in [-0.05, 0) is 24.3 Å². The van der Waals surface area contributed by atoms with Gasteiger partial charge in [0, 0.05) is 53.8 Å². The summed E-state index contributed by atoms with van der Waals surface area (Å²) in [4.78, 5) is 27.2. The van der Waals surface area contributed by atoms with Gasteiger partial charge in [-0.2, -0.15) is 5.10 Å². The average molecular weight is 529 g/mol. The molecule has 0 saturated heterocycles. The van der Waals surface area contributed by atoms with Gasteiger partial charge in [-0.15, -0.1) is 0 Å². The lowest BCUT2D eigenvalue weighted by atomic mass is 10.0. The zero-order valence-electron chi connectivity index (χ0n) is 19.3. The molecule has 4 rings (SSSR count). The first-order valence-electron chi connectivity index (χ1n) is 11.0. The van der Waals surface area contributed by atoms with Gasteiger partial charge >= 0.3 is 0 Å². The van der Waals surface area contributed by atoms with Gasteiger partial charge in [0.25, 0.3) is 5.91 Å². The molecule has 1 aliphatic heterocycles. The number of nitrogens with one attached hydrogen (secondary N) is 1. The van der Waals surface area contributed by atoms with Gasteiger partial charge in [0.15, 0.2) is 5.69 Å². The fourth-order valence-corrected chi connectivity index (χ4v) is 4.29. The predicted molar refractivity (Wildman–Crippen MR) is 130 cm³/mol. The number of aromatic nitrogens is 2. The third kappa shape index (κ3) is 4.84. The van der Waals surface area contributed by atoms with E-state index in [4.69, 9.17) is 4.74 Å². The van der Waals surface area contributed by atoms with Crippen LogP contribution in [0, 0.1) is 11.7 Å². The molecule has 2 amide bonds. The van der Waals surface area contributed by atoms with Crippen molar-refractivity contribution in [2.24, 2.45) is 13.0 Å². The minimum absolute atomic E-state index is 0.0530. The summed E-state index contributed by atoms with van der Waals surface area (Å²) in [6.07, 6.45) is 0. The van der Waals surface area contributed by atoms with Crippen LogP contribution in [-0.4, -0.2) is 39.6 Å². The van der Waals surface area contributed by atoms with E-state index in [0.29, 0.717) is 11.1 Å². The van der Waals surface area contributed by atoms with Crippen molar-refractivity contribution in [1.29, 1.82) is 0 Å². The maximum atomic E-state index is 14.4. The number of rotatable bonds is 7. The molecule has 2 heterocycles. The molecule has 0 radical (unpaired) electrons. The molecule has 1 N–H and O–H groups in total. The van der Waals surface area contributed by atoms with E-state index in [-0.39, 0.29) is 49.7 Å². The quantitative estimate of drug-likeness (QED) is 0.496. The van der Waals surface area contributed by atoms with E-state index >= 15 is 0 Å². The Balaban J connectivity index is 1.66. The highest BCUT2D eigenvalue weighted by atomic mass is 79.9. The first-order chi connectivity index (χ1) is 16.3. The number of aryl methyl sites for hydroxylation is 1. The van der Waals surface area contributed by atoms with E-state index in [0.717, 1.165) is 21.5 Å². The summed E-state index contributed by atoms with van der Waals surface area (Å²) < 4.78 is 22.9. The SMILES string of the molecule is CC(C)C(=O)NCCN(Cc1ccccc1F)C(=O)c1nn(C)c2c1COc1ccc(Br)cc1-2. The second kappa shape index (κ2) is 9.97. The second-order valence-corrected chi connectivity index (χ2v) is 9.41. The highest BCUT2D eigenvalue weighted by Gasteiger charge is 2.31. The number of benzene rings is 2. The summed E-state index contributed by atoms with van der Waals surface area (Å²) in [7, 11) is 1.79. The Hall–Kier alpha value is -3.20. The lowest BCUT2D eigenvalue weighted by Gasteiger charge is -2.24. The summed E-state index contributed by atoms with van der Waals surface area (Å²) in [6, 6.07) is 12.0. The summed E-state index contributed by atoms with van der Waals surface area (Å²) in [5, 5.41) is 7.35. The maximum Gasteiger partial charge on any atom is 0.275 e. The first kappa shape index (κ1) is 23.9. The van der Waals surface area contributed by atoms with E-state index in [1.54, 1.807) is 43.8 Å². The number of hydrogen-bond donors (Lipinski definition) is 1. The van der Waals surface area contributed by atoms with Crippen molar-refractivity contribution in [2.45, 2.75) is 27.0 Å². The van der Waals surface area contributed by atoms with Crippen LogP contribution < -0.4 is 10.1 Å². The van der Waals surface area contributed by atoms with Gasteiger partial charge in [-0.3, -0.25) is 14.3 Å². The minimum Gasteiger partial charge on any atom is -0.488 e. The molecule has 0 saturated carbocycles. The summed E-state index contributed by atoms with van der Waals surface area (Å²) in [5.41, 5.74) is 2.98. The smallest absolute Gasteiger partial charge is 0.275 e. The van der Waals surface area contributed by atoms with E-state index < -0.39 is 5.82 Å². The lowest BCUT2D eigenvalue weighted by molar-refractivity contribution is -0.124. The van der Waals surface area contributed by atoms with Crippen LogP contribution in [0.15, 0.2) is 46.9 Å². The molecule has 0 fully saturated rings. The molecule has 0 aliphatic carbocycles. The van der Waals surface area contributed by atoms with E-state index in [1.165, 1.54) is 11.0 Å². The van der Waals surface area contributed by atoms with Crippen molar-refractivity contribution in [3.05, 3.63) is 69.6 Å². The number of carbonyl (C=O) groups is 2. The van der Waals surface area contributed by atoms with Crippen LogP contribution in [0.2, 0.25) is 0 Å². The minimum atomic E-state index is -0.392. The van der Waals surface area contributed by atoms with Crippen LogP contribution >= 0.6 is 15.9 Å². The van der Waals surface area contributed by atoms with Crippen LogP contribution in [0.5, 0.6) is 5.75 Å². The first-order valence-corrected chi connectivity index (χ1v) is 11.8. The number of halogens is 2. The molecule has 1 aliphatic rings. The normalized spacial score (nSPS) is 12.1. The molecule has 1 aromatic heterocycles. The van der Waals surface area contributed by atoms with Crippen molar-refractivity contribution in [3.8, 4) is 17.0 Å². The number of amides is 2. The van der Waals surface area contributed by atoms with Crippen LogP contribution in [0.25, 0.3) is 11.3 Å². The highest BCUT2D eigenvalue weighted by molar-refractivity contribution is 9.10. The van der Waals surface area contributed by atoms with Crippen molar-refractivity contribution in [1.82, 2.24) is 20.0 Å². The monoisotopic (exact) mass is 528 g/mol. The fraction of sp³-hybridized carbons (Fsp3) is 0.320. The van der Waals surface area contributed by atoms with Crippen molar-refractivity contribution < 1.29 is 18.7 Å². The Kier molecular flexibility index (Phi) is 7.02. The number of carbonyl (C=O) groups excluding carboxylic acids is 2. The van der Waals surface area contributed by atoms with Gasteiger partial charge in [-0.25, -0.2) is 4.39 Å². The molecule has 0 bridgehead atoms. The van der Waals surface area contributed by atoms with Crippen LogP contribution in [0.1, 0.15) is 35.5 Å². The Morgan fingerprint density at radius 2 is 2.03 bits per heavy atom. The molecule has 7 nitrogen and oxygen atoms in total. The number of fused-ring (bicyclic) bond motifs is 3. The molecular weight excluding hydrogens is 503 g/mol. The molecule has 3 aromatic rings. The molecule has 0 atom stereocenters. The molecule has 0 spiro atoms. The molecule has 178 valence electrons. The number of nitrogens with zero attached hydrogens (tertiary/aromatic N) is 3. The molecule has 9 heteroatoms. The van der Waals surface area contributed by atoms with Gasteiger partial charge in [0.1, 0.15) is 18.2 Å². The zero-order chi connectivity index (χ0) is 24.4. The van der Waals surface area contributed by atoms with Gasteiger partial charge in [0.2, 0.25) is 5.91 Å². The Bertz CT molecular complexity index is 1240. The maximum absolute atomic E-state index is 14.4.